The molecule has 0 spiro atoms. The summed E-state index contributed by atoms with van der Waals surface area (Å²) in [6.07, 6.45) is 2.19. The summed E-state index contributed by atoms with van der Waals surface area (Å²) in [5.74, 6) is 0.420. The quantitative estimate of drug-likeness (QED) is 0.239. The van der Waals surface area contributed by atoms with Crippen LogP contribution in [-0.4, -0.2) is 38.6 Å². The van der Waals surface area contributed by atoms with Crippen molar-refractivity contribution in [1.82, 2.24) is 24.8 Å². The van der Waals surface area contributed by atoms with E-state index in [9.17, 15) is 9.59 Å². The molecule has 0 atom stereocenters. The van der Waals surface area contributed by atoms with Crippen molar-refractivity contribution in [3.63, 3.8) is 0 Å². The number of hydrogen-bond donors (Lipinski definition) is 3. The molecule has 0 saturated carbocycles. The Morgan fingerprint density at radius 2 is 2.13 bits per heavy atom. The molecule has 0 saturated heterocycles. The second-order valence-electron chi connectivity index (χ2n) is 7.03. The first-order chi connectivity index (χ1) is 15.0. The van der Waals surface area contributed by atoms with Gasteiger partial charge in [0.05, 0.1) is 6.61 Å². The maximum absolute atomic E-state index is 12.4. The summed E-state index contributed by atoms with van der Waals surface area (Å²) < 4.78 is 12.3. The summed E-state index contributed by atoms with van der Waals surface area (Å²) in [7, 11) is 0. The minimum atomic E-state index is -0.308. The Balaban J connectivity index is 1.63. The van der Waals surface area contributed by atoms with Crippen molar-refractivity contribution in [3.05, 3.63) is 40.3 Å². The number of ether oxygens (including phenoxy) is 2. The van der Waals surface area contributed by atoms with Gasteiger partial charge in [-0.15, -0.1) is 0 Å². The van der Waals surface area contributed by atoms with Crippen molar-refractivity contribution < 1.29 is 14.3 Å². The number of nitrogens with two attached hydrogens (primary N) is 1. The Morgan fingerprint density at radius 3 is 2.90 bits per heavy atom. The number of esters is 1. The number of anilines is 1. The number of benzene rings is 1. The molecule has 0 aliphatic rings. The van der Waals surface area contributed by atoms with E-state index in [0.717, 1.165) is 18.4 Å². The van der Waals surface area contributed by atoms with Crippen molar-refractivity contribution in [3.8, 4) is 11.8 Å². The van der Waals surface area contributed by atoms with Gasteiger partial charge in [0.2, 0.25) is 0 Å². The largest absolute Gasteiger partial charge is 0.463 e. The van der Waals surface area contributed by atoms with Crippen LogP contribution in [0.4, 0.5) is 5.82 Å². The van der Waals surface area contributed by atoms with Crippen LogP contribution >= 0.6 is 0 Å². The van der Waals surface area contributed by atoms with E-state index in [1.807, 2.05) is 18.2 Å². The van der Waals surface area contributed by atoms with Crippen LogP contribution in [0.15, 0.2) is 29.1 Å². The van der Waals surface area contributed by atoms with Gasteiger partial charge in [-0.05, 0) is 24.1 Å². The second-order valence-corrected chi connectivity index (χ2v) is 7.03. The van der Waals surface area contributed by atoms with Gasteiger partial charge < -0.3 is 25.5 Å². The van der Waals surface area contributed by atoms with Crippen molar-refractivity contribution in [2.45, 2.75) is 46.2 Å². The number of carbonyl (C=O) groups is 1. The Labute approximate surface area is 179 Å². The minimum absolute atomic E-state index is 0.164. The number of aromatic nitrogens is 4. The third kappa shape index (κ3) is 5.82. The first kappa shape index (κ1) is 22.3. The normalized spacial score (nSPS) is 11.0. The van der Waals surface area contributed by atoms with Gasteiger partial charge in [-0.3, -0.25) is 9.36 Å². The van der Waals surface area contributed by atoms with E-state index in [1.54, 1.807) is 13.0 Å². The monoisotopic (exact) mass is 428 g/mol. The fourth-order valence-corrected chi connectivity index (χ4v) is 2.96. The van der Waals surface area contributed by atoms with Crippen LogP contribution < -0.4 is 26.2 Å². The number of aromatic amines is 1. The fraction of sp³-hybridized carbons (Fsp3) is 0.429. The summed E-state index contributed by atoms with van der Waals surface area (Å²) in [4.78, 5) is 35.0. The number of H-pyrrole nitrogens is 1. The molecule has 2 aromatic heterocycles. The molecule has 0 fully saturated rings. The lowest BCUT2D eigenvalue weighted by Gasteiger charge is -2.09. The third-order valence-corrected chi connectivity index (χ3v) is 4.62. The van der Waals surface area contributed by atoms with Gasteiger partial charge >= 0.3 is 17.7 Å². The summed E-state index contributed by atoms with van der Waals surface area (Å²) >= 11 is 0. The van der Waals surface area contributed by atoms with Gasteiger partial charge in [-0.1, -0.05) is 32.4 Å². The lowest BCUT2D eigenvalue weighted by molar-refractivity contribution is -0.134. The first-order valence-electron chi connectivity index (χ1n) is 10.4. The van der Waals surface area contributed by atoms with E-state index in [2.05, 4.69) is 27.2 Å². The highest BCUT2D eigenvalue weighted by atomic mass is 16.5. The number of nitrogen functional groups attached to an aromatic ring is 1. The molecule has 31 heavy (non-hydrogen) atoms. The zero-order chi connectivity index (χ0) is 22.2. The molecule has 2 heterocycles. The van der Waals surface area contributed by atoms with Crippen molar-refractivity contribution >= 4 is 23.0 Å². The third-order valence-electron chi connectivity index (χ3n) is 4.62. The molecule has 10 heteroatoms. The molecule has 0 aliphatic heterocycles. The SMILES string of the molecule is CCCCOc1nc(N)c2[nH]c(=O)n(CCNCc3cccc(OC(=O)CC)c3)c2n1. The Bertz CT molecular complexity index is 1090. The number of nitrogens with one attached hydrogen (secondary N) is 2. The van der Waals surface area contributed by atoms with E-state index in [-0.39, 0.29) is 23.5 Å². The lowest BCUT2D eigenvalue weighted by Crippen LogP contribution is -2.25. The number of unbranched alkanes of at least 4 members (excludes halogenated alkanes) is 1. The summed E-state index contributed by atoms with van der Waals surface area (Å²) in [6, 6.07) is 7.48. The average Bonchev–Trinajstić information content (AvgIpc) is 3.07. The predicted octanol–water partition coefficient (Wildman–Crippen LogP) is 1.99. The molecule has 10 nitrogen and oxygen atoms in total. The zero-order valence-electron chi connectivity index (χ0n) is 17.8. The van der Waals surface area contributed by atoms with Crippen LogP contribution in [0.25, 0.3) is 11.2 Å². The first-order valence-corrected chi connectivity index (χ1v) is 10.4. The highest BCUT2D eigenvalue weighted by Crippen LogP contribution is 2.18. The van der Waals surface area contributed by atoms with Crippen LogP contribution in [0.5, 0.6) is 11.8 Å². The second kappa shape index (κ2) is 10.6. The van der Waals surface area contributed by atoms with E-state index in [4.69, 9.17) is 15.2 Å². The van der Waals surface area contributed by atoms with Crippen molar-refractivity contribution in [2.24, 2.45) is 0 Å². The van der Waals surface area contributed by atoms with E-state index >= 15 is 0 Å². The Hall–Kier alpha value is -3.40. The number of rotatable bonds is 11. The van der Waals surface area contributed by atoms with Crippen LogP contribution in [0.1, 0.15) is 38.7 Å². The molecule has 0 amide bonds. The molecular weight excluding hydrogens is 400 g/mol. The van der Waals surface area contributed by atoms with Gasteiger partial charge in [0.25, 0.3) is 0 Å². The van der Waals surface area contributed by atoms with Gasteiger partial charge in [-0.2, -0.15) is 9.97 Å². The number of hydrogen-bond acceptors (Lipinski definition) is 8. The summed E-state index contributed by atoms with van der Waals surface area (Å²) in [5, 5.41) is 3.28. The standard InChI is InChI=1S/C21H28N6O4/c1-3-5-11-30-20-25-18(22)17-19(26-20)27(21(29)24-17)10-9-23-13-14-7-6-8-15(12-14)31-16(28)4-2/h6-8,12,23H,3-5,9-11,13H2,1-2H3,(H,24,29)(H2,22,25,26). The molecule has 0 aliphatic carbocycles. The lowest BCUT2D eigenvalue weighted by atomic mass is 10.2. The van der Waals surface area contributed by atoms with Crippen LogP contribution in [0.3, 0.4) is 0 Å². The number of nitrogens with zero attached hydrogens (tertiary/aromatic N) is 3. The average molecular weight is 428 g/mol. The topological polar surface area (TPSA) is 137 Å². The molecule has 166 valence electrons. The smallest absolute Gasteiger partial charge is 0.327 e. The molecule has 0 radical (unpaired) electrons. The van der Waals surface area contributed by atoms with Crippen molar-refractivity contribution in [1.29, 1.82) is 0 Å². The summed E-state index contributed by atoms with van der Waals surface area (Å²) in [6.45, 7) is 5.75. The van der Waals surface area contributed by atoms with E-state index in [0.29, 0.717) is 49.6 Å². The molecule has 0 unspecified atom stereocenters. The van der Waals surface area contributed by atoms with Gasteiger partial charge in [0, 0.05) is 26.1 Å². The van der Waals surface area contributed by atoms with E-state index in [1.165, 1.54) is 4.57 Å². The summed E-state index contributed by atoms with van der Waals surface area (Å²) in [5.41, 5.74) is 7.44. The van der Waals surface area contributed by atoms with Gasteiger partial charge in [0.15, 0.2) is 11.5 Å². The van der Waals surface area contributed by atoms with E-state index < -0.39 is 0 Å². The maximum atomic E-state index is 12.4. The molecule has 4 N–H and O–H groups in total. The molecule has 3 aromatic rings. The fourth-order valence-electron chi connectivity index (χ4n) is 2.96. The Kier molecular flexibility index (Phi) is 7.60. The van der Waals surface area contributed by atoms with Crippen molar-refractivity contribution in [2.75, 3.05) is 18.9 Å². The predicted molar refractivity (Wildman–Crippen MR) is 117 cm³/mol. The maximum Gasteiger partial charge on any atom is 0.327 e. The van der Waals surface area contributed by atoms with Gasteiger partial charge in [-0.25, -0.2) is 4.79 Å². The van der Waals surface area contributed by atoms with Crippen LogP contribution in [0, 0.1) is 0 Å². The molecule has 1 aromatic carbocycles. The molecule has 0 bridgehead atoms. The van der Waals surface area contributed by atoms with Crippen LogP contribution in [0.2, 0.25) is 0 Å². The minimum Gasteiger partial charge on any atom is -0.463 e. The van der Waals surface area contributed by atoms with Gasteiger partial charge in [0.1, 0.15) is 11.3 Å². The highest BCUT2D eigenvalue weighted by molar-refractivity contribution is 5.81. The number of imidazole rings is 1. The molecular formula is C21H28N6O4. The molecule has 3 rings (SSSR count). The Morgan fingerprint density at radius 1 is 1.29 bits per heavy atom. The number of carbonyl (C=O) groups excluding carboxylic acids is 1. The zero-order valence-corrected chi connectivity index (χ0v) is 17.8. The van der Waals surface area contributed by atoms with Crippen LogP contribution in [-0.2, 0) is 17.9 Å². The number of fused-ring (bicyclic) bond motifs is 1. The highest BCUT2D eigenvalue weighted by Gasteiger charge is 2.14.